The van der Waals surface area contributed by atoms with Crippen LogP contribution >= 0.6 is 0 Å². The van der Waals surface area contributed by atoms with Crippen LogP contribution in [-0.4, -0.2) is 32.1 Å². The third-order valence-electron chi connectivity index (χ3n) is 3.63. The number of nitrogens with one attached hydrogen (secondary N) is 2. The Hall–Kier alpha value is -1.88. The smallest absolute Gasteiger partial charge is 0.251 e. The van der Waals surface area contributed by atoms with E-state index < -0.39 is 0 Å². The molecule has 1 atom stereocenters. The molecule has 5 heteroatoms. The van der Waals surface area contributed by atoms with Crippen LogP contribution in [-0.2, 0) is 16.1 Å². The second kappa shape index (κ2) is 7.78. The van der Waals surface area contributed by atoms with E-state index in [1.54, 1.807) is 19.2 Å². The van der Waals surface area contributed by atoms with E-state index in [0.717, 1.165) is 25.0 Å². The van der Waals surface area contributed by atoms with E-state index in [9.17, 15) is 9.59 Å². The molecular weight excluding hydrogens is 268 g/mol. The van der Waals surface area contributed by atoms with Crippen molar-refractivity contribution in [2.75, 3.05) is 20.3 Å². The molecule has 114 valence electrons. The maximum atomic E-state index is 11.9. The number of ether oxygens (including phenoxy) is 1. The molecule has 1 saturated heterocycles. The molecule has 0 radical (unpaired) electrons. The van der Waals surface area contributed by atoms with Crippen molar-refractivity contribution >= 4 is 11.8 Å². The van der Waals surface area contributed by atoms with Gasteiger partial charge in [-0.15, -0.1) is 0 Å². The Kier molecular flexibility index (Phi) is 5.75. The molecule has 0 aromatic heterocycles. The largest absolute Gasteiger partial charge is 0.381 e. The first-order valence-corrected chi connectivity index (χ1v) is 7.34. The number of hydrogen-bond donors (Lipinski definition) is 2. The molecule has 1 aliphatic rings. The summed E-state index contributed by atoms with van der Waals surface area (Å²) in [6.45, 7) is 1.93. The van der Waals surface area contributed by atoms with E-state index in [-0.39, 0.29) is 11.8 Å². The van der Waals surface area contributed by atoms with Gasteiger partial charge in [0.05, 0.1) is 0 Å². The van der Waals surface area contributed by atoms with E-state index in [2.05, 4.69) is 10.6 Å². The third kappa shape index (κ3) is 4.86. The first-order chi connectivity index (χ1) is 10.2. The van der Waals surface area contributed by atoms with Gasteiger partial charge in [-0.2, -0.15) is 0 Å². The van der Waals surface area contributed by atoms with Crippen molar-refractivity contribution in [3.05, 3.63) is 35.4 Å². The molecule has 2 rings (SSSR count). The Morgan fingerprint density at radius 1 is 1.38 bits per heavy atom. The van der Waals surface area contributed by atoms with E-state index >= 15 is 0 Å². The fourth-order valence-electron chi connectivity index (χ4n) is 2.47. The summed E-state index contributed by atoms with van der Waals surface area (Å²) in [5.74, 6) is 0.245. The van der Waals surface area contributed by atoms with Gasteiger partial charge in [-0.3, -0.25) is 9.59 Å². The second-order valence-electron chi connectivity index (χ2n) is 5.34. The summed E-state index contributed by atoms with van der Waals surface area (Å²) in [4.78, 5) is 23.5. The van der Waals surface area contributed by atoms with Crippen LogP contribution in [0.25, 0.3) is 0 Å². The SMILES string of the molecule is CNC(=O)c1cccc(CNC(=O)CC2CCCOC2)c1. The molecule has 2 N–H and O–H groups in total. The van der Waals surface area contributed by atoms with Gasteiger partial charge in [-0.05, 0) is 36.5 Å². The fourth-order valence-corrected chi connectivity index (χ4v) is 2.47. The van der Waals surface area contributed by atoms with Crippen LogP contribution in [0.4, 0.5) is 0 Å². The number of benzene rings is 1. The molecule has 1 fully saturated rings. The first-order valence-electron chi connectivity index (χ1n) is 7.34. The minimum Gasteiger partial charge on any atom is -0.381 e. The van der Waals surface area contributed by atoms with Crippen molar-refractivity contribution in [3.8, 4) is 0 Å². The van der Waals surface area contributed by atoms with Crippen molar-refractivity contribution in [3.63, 3.8) is 0 Å². The van der Waals surface area contributed by atoms with Crippen LogP contribution in [0.2, 0.25) is 0 Å². The van der Waals surface area contributed by atoms with Crippen LogP contribution in [0.3, 0.4) is 0 Å². The average Bonchev–Trinajstić information content (AvgIpc) is 2.53. The first kappa shape index (κ1) is 15.5. The Morgan fingerprint density at radius 3 is 2.95 bits per heavy atom. The summed E-state index contributed by atoms with van der Waals surface area (Å²) >= 11 is 0. The summed E-state index contributed by atoms with van der Waals surface area (Å²) in [6.07, 6.45) is 2.60. The van der Waals surface area contributed by atoms with Crippen LogP contribution in [0.15, 0.2) is 24.3 Å². The molecule has 1 heterocycles. The van der Waals surface area contributed by atoms with Crippen molar-refractivity contribution in [1.29, 1.82) is 0 Å². The number of hydrogen-bond acceptors (Lipinski definition) is 3. The van der Waals surface area contributed by atoms with Gasteiger partial charge in [0.2, 0.25) is 5.91 Å². The van der Waals surface area contributed by atoms with Gasteiger partial charge >= 0.3 is 0 Å². The average molecular weight is 290 g/mol. The summed E-state index contributed by atoms with van der Waals surface area (Å²) in [5.41, 5.74) is 1.52. The Balaban J connectivity index is 1.81. The molecule has 1 aromatic rings. The van der Waals surface area contributed by atoms with E-state index in [0.29, 0.717) is 31.1 Å². The standard InChI is InChI=1S/C16H22N2O3/c1-17-16(20)14-6-2-4-12(8-14)10-18-15(19)9-13-5-3-7-21-11-13/h2,4,6,8,13H,3,5,7,9-11H2,1H3,(H,17,20)(H,18,19). The van der Waals surface area contributed by atoms with Gasteiger partial charge < -0.3 is 15.4 Å². The lowest BCUT2D eigenvalue weighted by Crippen LogP contribution is -2.28. The number of rotatable bonds is 5. The topological polar surface area (TPSA) is 67.4 Å². The predicted octanol–water partition coefficient (Wildman–Crippen LogP) is 1.48. The quantitative estimate of drug-likeness (QED) is 0.863. The monoisotopic (exact) mass is 290 g/mol. The van der Waals surface area contributed by atoms with Gasteiger partial charge in [0.1, 0.15) is 0 Å². The molecule has 5 nitrogen and oxygen atoms in total. The highest BCUT2D eigenvalue weighted by atomic mass is 16.5. The van der Waals surface area contributed by atoms with Crippen LogP contribution < -0.4 is 10.6 Å². The van der Waals surface area contributed by atoms with E-state index in [1.165, 1.54) is 0 Å². The van der Waals surface area contributed by atoms with E-state index in [4.69, 9.17) is 4.74 Å². The van der Waals surface area contributed by atoms with E-state index in [1.807, 2.05) is 12.1 Å². The van der Waals surface area contributed by atoms with Gasteiger partial charge in [-0.1, -0.05) is 12.1 Å². The predicted molar refractivity (Wildman–Crippen MR) is 79.8 cm³/mol. The maximum Gasteiger partial charge on any atom is 0.251 e. The highest BCUT2D eigenvalue weighted by Gasteiger charge is 2.17. The fraction of sp³-hybridized carbons (Fsp3) is 0.500. The molecule has 0 saturated carbocycles. The lowest BCUT2D eigenvalue weighted by Gasteiger charge is -2.21. The van der Waals surface area contributed by atoms with Crippen LogP contribution in [0.5, 0.6) is 0 Å². The summed E-state index contributed by atoms with van der Waals surface area (Å²) in [5, 5.41) is 5.49. The summed E-state index contributed by atoms with van der Waals surface area (Å²) in [7, 11) is 1.60. The zero-order valence-electron chi connectivity index (χ0n) is 12.4. The van der Waals surface area contributed by atoms with Crippen molar-refractivity contribution in [1.82, 2.24) is 10.6 Å². The number of amides is 2. The minimum atomic E-state index is -0.123. The van der Waals surface area contributed by atoms with Gasteiger partial charge in [0, 0.05) is 38.8 Å². The van der Waals surface area contributed by atoms with Crippen LogP contribution in [0, 0.1) is 5.92 Å². The Bertz CT molecular complexity index is 496. The molecule has 21 heavy (non-hydrogen) atoms. The maximum absolute atomic E-state index is 11.9. The Labute approximate surface area is 125 Å². The lowest BCUT2D eigenvalue weighted by atomic mass is 9.98. The highest BCUT2D eigenvalue weighted by molar-refractivity contribution is 5.94. The highest BCUT2D eigenvalue weighted by Crippen LogP contribution is 2.16. The zero-order chi connectivity index (χ0) is 15.1. The van der Waals surface area contributed by atoms with Gasteiger partial charge in [0.15, 0.2) is 0 Å². The zero-order valence-corrected chi connectivity index (χ0v) is 12.4. The summed E-state index contributed by atoms with van der Waals surface area (Å²) < 4.78 is 5.38. The molecule has 0 aliphatic carbocycles. The van der Waals surface area contributed by atoms with Crippen molar-refractivity contribution < 1.29 is 14.3 Å². The molecule has 0 spiro atoms. The minimum absolute atomic E-state index is 0.0378. The molecule has 1 unspecified atom stereocenters. The molecule has 2 amide bonds. The molecule has 1 aliphatic heterocycles. The van der Waals surface area contributed by atoms with Crippen LogP contribution in [0.1, 0.15) is 35.2 Å². The number of carbonyl (C=O) groups excluding carboxylic acids is 2. The summed E-state index contributed by atoms with van der Waals surface area (Å²) in [6, 6.07) is 7.27. The Morgan fingerprint density at radius 2 is 2.24 bits per heavy atom. The third-order valence-corrected chi connectivity index (χ3v) is 3.63. The molecule has 1 aromatic carbocycles. The lowest BCUT2D eigenvalue weighted by molar-refractivity contribution is -0.123. The normalized spacial score (nSPS) is 18.0. The van der Waals surface area contributed by atoms with Gasteiger partial charge in [0.25, 0.3) is 5.91 Å². The number of carbonyl (C=O) groups is 2. The van der Waals surface area contributed by atoms with Crippen molar-refractivity contribution in [2.45, 2.75) is 25.8 Å². The second-order valence-corrected chi connectivity index (χ2v) is 5.34. The molecular formula is C16H22N2O3. The molecule has 0 bridgehead atoms. The van der Waals surface area contributed by atoms with Gasteiger partial charge in [-0.25, -0.2) is 0 Å². The van der Waals surface area contributed by atoms with Crippen molar-refractivity contribution in [2.24, 2.45) is 5.92 Å².